The normalized spacial score (nSPS) is 13.3. The Kier molecular flexibility index (Phi) is 3.04. The highest BCUT2D eigenvalue weighted by Crippen LogP contribution is 1.94. The number of hydrogen-bond acceptors (Lipinski definition) is 3. The van der Waals surface area contributed by atoms with Gasteiger partial charge in [0.05, 0.1) is 11.8 Å². The molecule has 0 saturated heterocycles. The lowest BCUT2D eigenvalue weighted by atomic mass is 10.4. The lowest BCUT2D eigenvalue weighted by Crippen LogP contribution is -1.90. The highest BCUT2D eigenvalue weighted by atomic mass is 16.4. The molecule has 0 aromatic rings. The van der Waals surface area contributed by atoms with Crippen molar-refractivity contribution in [2.24, 2.45) is 0 Å². The summed E-state index contributed by atoms with van der Waals surface area (Å²) in [6, 6.07) is 0. The Balaban J connectivity index is 4.22. The molecule has 0 bridgehead atoms. The molecule has 0 atom stereocenters. The van der Waals surface area contributed by atoms with Gasteiger partial charge in [-0.2, -0.15) is 0 Å². The zero-order valence-corrected chi connectivity index (χ0v) is 5.40. The number of rotatable bonds is 2. The largest absolute Gasteiger partial charge is 0.512 e. The third kappa shape index (κ3) is 4.70. The lowest BCUT2D eigenvalue weighted by molar-refractivity contribution is -0.131. The maximum atomic E-state index is 9.84. The molecule has 0 aromatic carbocycles. The van der Waals surface area contributed by atoms with Gasteiger partial charge in [0.25, 0.3) is 0 Å². The molecule has 0 rings (SSSR count). The molecular formula is C6H8O4. The van der Waals surface area contributed by atoms with Crippen molar-refractivity contribution in [1.82, 2.24) is 0 Å². The van der Waals surface area contributed by atoms with E-state index in [1.807, 2.05) is 0 Å². The zero-order valence-electron chi connectivity index (χ0n) is 5.40. The van der Waals surface area contributed by atoms with Crippen LogP contribution in [0, 0.1) is 0 Å². The SMILES string of the molecule is C/C(O)=C/C(O)=C\C(=O)O. The summed E-state index contributed by atoms with van der Waals surface area (Å²) < 4.78 is 0. The van der Waals surface area contributed by atoms with Gasteiger partial charge in [0.1, 0.15) is 5.76 Å². The van der Waals surface area contributed by atoms with Gasteiger partial charge in [0.2, 0.25) is 0 Å². The van der Waals surface area contributed by atoms with E-state index >= 15 is 0 Å². The lowest BCUT2D eigenvalue weighted by Gasteiger charge is -1.88. The summed E-state index contributed by atoms with van der Waals surface area (Å²) in [5, 5.41) is 25.2. The maximum absolute atomic E-state index is 9.84. The van der Waals surface area contributed by atoms with Crippen molar-refractivity contribution in [3.63, 3.8) is 0 Å². The van der Waals surface area contributed by atoms with Crippen molar-refractivity contribution in [2.75, 3.05) is 0 Å². The van der Waals surface area contributed by atoms with E-state index in [2.05, 4.69) is 0 Å². The molecule has 0 aromatic heterocycles. The fourth-order valence-electron chi connectivity index (χ4n) is 0.382. The second kappa shape index (κ2) is 3.55. The topological polar surface area (TPSA) is 77.8 Å². The molecule has 0 spiro atoms. The Morgan fingerprint density at radius 3 is 2.00 bits per heavy atom. The van der Waals surface area contributed by atoms with Crippen LogP contribution >= 0.6 is 0 Å². The Morgan fingerprint density at radius 2 is 1.70 bits per heavy atom. The minimum atomic E-state index is -1.25. The fraction of sp³-hybridized carbons (Fsp3) is 0.167. The van der Waals surface area contributed by atoms with Crippen LogP contribution in [0.1, 0.15) is 6.92 Å². The summed E-state index contributed by atoms with van der Waals surface area (Å²) in [6.45, 7) is 1.33. The van der Waals surface area contributed by atoms with Crippen LogP contribution in [-0.4, -0.2) is 21.3 Å². The highest BCUT2D eigenvalue weighted by molar-refractivity contribution is 5.80. The van der Waals surface area contributed by atoms with Gasteiger partial charge < -0.3 is 15.3 Å². The Hall–Kier alpha value is -1.45. The Bertz CT molecular complexity index is 186. The second-order valence-corrected chi connectivity index (χ2v) is 1.69. The zero-order chi connectivity index (χ0) is 8.15. The summed E-state index contributed by atoms with van der Waals surface area (Å²) in [4.78, 5) is 9.84. The first-order valence-electron chi connectivity index (χ1n) is 2.53. The van der Waals surface area contributed by atoms with Crippen LogP contribution in [0.3, 0.4) is 0 Å². The monoisotopic (exact) mass is 144 g/mol. The van der Waals surface area contributed by atoms with Gasteiger partial charge in [0, 0.05) is 6.08 Å². The maximum Gasteiger partial charge on any atom is 0.332 e. The molecule has 4 heteroatoms. The third-order valence-corrected chi connectivity index (χ3v) is 0.628. The van der Waals surface area contributed by atoms with Crippen LogP contribution in [0.15, 0.2) is 23.7 Å². The van der Waals surface area contributed by atoms with Crippen LogP contribution in [0.5, 0.6) is 0 Å². The van der Waals surface area contributed by atoms with E-state index in [1.54, 1.807) is 0 Å². The number of aliphatic carboxylic acids is 1. The van der Waals surface area contributed by atoms with E-state index in [1.165, 1.54) is 6.92 Å². The first-order valence-corrected chi connectivity index (χ1v) is 2.53. The van der Waals surface area contributed by atoms with Gasteiger partial charge >= 0.3 is 5.97 Å². The summed E-state index contributed by atoms with van der Waals surface area (Å²) in [6.07, 6.45) is 1.52. The van der Waals surface area contributed by atoms with E-state index in [-0.39, 0.29) is 5.76 Å². The molecular weight excluding hydrogens is 136 g/mol. The average molecular weight is 144 g/mol. The van der Waals surface area contributed by atoms with Gasteiger partial charge in [-0.15, -0.1) is 0 Å². The molecule has 0 aliphatic rings. The highest BCUT2D eigenvalue weighted by Gasteiger charge is 1.92. The third-order valence-electron chi connectivity index (χ3n) is 0.628. The van der Waals surface area contributed by atoms with Gasteiger partial charge in [-0.05, 0) is 6.92 Å². The van der Waals surface area contributed by atoms with Gasteiger partial charge in [-0.3, -0.25) is 0 Å². The van der Waals surface area contributed by atoms with Crippen LogP contribution in [0.4, 0.5) is 0 Å². The van der Waals surface area contributed by atoms with E-state index in [0.717, 1.165) is 6.08 Å². The molecule has 0 saturated carbocycles. The first kappa shape index (κ1) is 8.55. The van der Waals surface area contributed by atoms with Gasteiger partial charge in [-0.1, -0.05) is 0 Å². The fourth-order valence-corrected chi connectivity index (χ4v) is 0.382. The van der Waals surface area contributed by atoms with Crippen molar-refractivity contribution in [1.29, 1.82) is 0 Å². The predicted octanol–water partition coefficient (Wildman–Crippen LogP) is 0.975. The van der Waals surface area contributed by atoms with Crippen molar-refractivity contribution in [3.8, 4) is 0 Å². The van der Waals surface area contributed by atoms with E-state index in [0.29, 0.717) is 6.08 Å². The summed E-state index contributed by atoms with van der Waals surface area (Å²) in [7, 11) is 0. The Morgan fingerprint density at radius 1 is 1.20 bits per heavy atom. The molecule has 0 unspecified atom stereocenters. The summed E-state index contributed by atoms with van der Waals surface area (Å²) in [5.74, 6) is -1.88. The number of aliphatic hydroxyl groups excluding tert-OH is 2. The molecule has 0 radical (unpaired) electrons. The number of aliphatic hydroxyl groups is 2. The quantitative estimate of drug-likeness (QED) is 0.306. The van der Waals surface area contributed by atoms with Gasteiger partial charge in [0.15, 0.2) is 0 Å². The number of hydrogen-bond donors (Lipinski definition) is 3. The number of carbonyl (C=O) groups is 1. The molecule has 0 aliphatic heterocycles. The minimum Gasteiger partial charge on any atom is -0.512 e. The van der Waals surface area contributed by atoms with Gasteiger partial charge in [-0.25, -0.2) is 4.79 Å². The number of allylic oxidation sites excluding steroid dienone is 2. The van der Waals surface area contributed by atoms with Crippen molar-refractivity contribution >= 4 is 5.97 Å². The van der Waals surface area contributed by atoms with E-state index < -0.39 is 11.7 Å². The van der Waals surface area contributed by atoms with Crippen LogP contribution in [0.2, 0.25) is 0 Å². The van der Waals surface area contributed by atoms with E-state index in [4.69, 9.17) is 15.3 Å². The van der Waals surface area contributed by atoms with Crippen molar-refractivity contribution in [2.45, 2.75) is 6.92 Å². The molecule has 3 N–H and O–H groups in total. The van der Waals surface area contributed by atoms with Crippen LogP contribution in [0.25, 0.3) is 0 Å². The van der Waals surface area contributed by atoms with E-state index in [9.17, 15) is 4.79 Å². The number of carboxylic acid groups (broad SMARTS) is 1. The Labute approximate surface area is 57.7 Å². The molecule has 0 heterocycles. The average Bonchev–Trinajstić information content (AvgIpc) is 1.58. The number of carboxylic acids is 1. The standard InChI is InChI=1S/C6H8O4/c1-4(7)2-5(8)3-6(9)10/h2-3,7-8H,1H3,(H,9,10)/b4-2-,5-3+. The van der Waals surface area contributed by atoms with Crippen molar-refractivity contribution in [3.05, 3.63) is 23.7 Å². The smallest absolute Gasteiger partial charge is 0.332 e. The first-order chi connectivity index (χ1) is 4.52. The predicted molar refractivity (Wildman–Crippen MR) is 34.7 cm³/mol. The van der Waals surface area contributed by atoms with Crippen LogP contribution in [-0.2, 0) is 4.79 Å². The molecule has 56 valence electrons. The molecule has 10 heavy (non-hydrogen) atoms. The molecule has 0 fully saturated rings. The molecule has 4 nitrogen and oxygen atoms in total. The summed E-state index contributed by atoms with van der Waals surface area (Å²) in [5.41, 5.74) is 0. The summed E-state index contributed by atoms with van der Waals surface area (Å²) >= 11 is 0. The second-order valence-electron chi connectivity index (χ2n) is 1.69. The molecule has 0 aliphatic carbocycles. The minimum absolute atomic E-state index is 0.144. The molecule has 0 amide bonds. The van der Waals surface area contributed by atoms with Crippen LogP contribution < -0.4 is 0 Å². The van der Waals surface area contributed by atoms with Crippen molar-refractivity contribution < 1.29 is 20.1 Å².